The molecule has 2 aromatic rings. The maximum atomic E-state index is 11.4. The fraction of sp³-hybridized carbons (Fsp3) is 0.278. The molecule has 2 heterocycles. The van der Waals surface area contributed by atoms with Gasteiger partial charge in [0, 0.05) is 23.3 Å². The Morgan fingerprint density at radius 2 is 2.07 bits per heavy atom. The van der Waals surface area contributed by atoms with Gasteiger partial charge in [0.1, 0.15) is 5.02 Å². The van der Waals surface area contributed by atoms with Crippen molar-refractivity contribution in [3.63, 3.8) is 0 Å². The number of anilines is 2. The third kappa shape index (κ3) is 4.59. The van der Waals surface area contributed by atoms with E-state index < -0.39 is 11.8 Å². The number of rotatable bonds is 7. The highest BCUT2D eigenvalue weighted by Gasteiger charge is 2.25. The lowest BCUT2D eigenvalue weighted by molar-refractivity contribution is -0.147. The molecule has 0 amide bonds. The number of hydrogen-bond donors (Lipinski definition) is 3. The Hall–Kier alpha value is -3.00. The van der Waals surface area contributed by atoms with Crippen LogP contribution in [0.2, 0.25) is 5.02 Å². The van der Waals surface area contributed by atoms with Crippen LogP contribution in [-0.4, -0.2) is 37.0 Å². The summed E-state index contributed by atoms with van der Waals surface area (Å²) in [7, 11) is 0. The number of allylic oxidation sites excluding steroid dienone is 3. The van der Waals surface area contributed by atoms with Crippen LogP contribution in [0.25, 0.3) is 5.57 Å². The minimum absolute atomic E-state index is 0.110. The smallest absolute Gasteiger partial charge is 0.376 e. The van der Waals surface area contributed by atoms with E-state index in [0.29, 0.717) is 34.0 Å². The molecule has 0 bridgehead atoms. The van der Waals surface area contributed by atoms with Gasteiger partial charge in [0.2, 0.25) is 0 Å². The molecule has 2 aromatic heterocycles. The highest BCUT2D eigenvalue weighted by atomic mass is 35.5. The van der Waals surface area contributed by atoms with Gasteiger partial charge in [-0.25, -0.2) is 14.8 Å². The number of carboxylic acids is 1. The number of carbonyl (C=O) groups is 2. The fourth-order valence-corrected chi connectivity index (χ4v) is 2.48. The topological polar surface area (TPSA) is 121 Å². The molecule has 0 aliphatic heterocycles. The molecule has 0 atom stereocenters. The Balaban J connectivity index is 1.79. The number of nitrogens with zero attached hydrogens (tertiary/aromatic N) is 3. The molecule has 3 rings (SSSR count). The number of ketones is 1. The second-order valence-electron chi connectivity index (χ2n) is 6.33. The van der Waals surface area contributed by atoms with E-state index in [2.05, 4.69) is 25.5 Å². The van der Waals surface area contributed by atoms with Crippen molar-refractivity contribution in [3.05, 3.63) is 46.5 Å². The van der Waals surface area contributed by atoms with Crippen molar-refractivity contribution in [1.29, 1.82) is 0 Å². The summed E-state index contributed by atoms with van der Waals surface area (Å²) in [5, 5.41) is 19.3. The molecule has 1 saturated carbocycles. The van der Waals surface area contributed by atoms with Crippen LogP contribution in [0.3, 0.4) is 0 Å². The Kier molecular flexibility index (Phi) is 5.36. The van der Waals surface area contributed by atoms with Crippen molar-refractivity contribution < 1.29 is 14.7 Å². The van der Waals surface area contributed by atoms with Gasteiger partial charge in [0.25, 0.3) is 5.78 Å². The van der Waals surface area contributed by atoms with E-state index in [0.717, 1.165) is 5.69 Å². The Labute approximate surface area is 160 Å². The summed E-state index contributed by atoms with van der Waals surface area (Å²) in [5.41, 5.74) is 1.84. The maximum Gasteiger partial charge on any atom is 0.376 e. The summed E-state index contributed by atoms with van der Waals surface area (Å²) in [6, 6.07) is 1.93. The van der Waals surface area contributed by atoms with E-state index in [-0.39, 0.29) is 5.57 Å². The minimum Gasteiger partial charge on any atom is -0.475 e. The molecule has 3 N–H and O–H groups in total. The number of aliphatic carboxylic acids is 1. The zero-order valence-corrected chi connectivity index (χ0v) is 15.5. The number of H-pyrrole nitrogens is 1. The number of halogens is 1. The molecule has 1 aliphatic carbocycles. The lowest BCUT2D eigenvalue weighted by atomic mass is 10.1. The summed E-state index contributed by atoms with van der Waals surface area (Å²) in [6.07, 6.45) is 6.81. The average molecular weight is 388 g/mol. The van der Waals surface area contributed by atoms with Crippen molar-refractivity contribution in [2.45, 2.75) is 32.6 Å². The standard InChI is InChI=1S/C18H18ClN5O3/c1-9(15(25)18(26)27)3-4-10(2)16-20-8-12(19)17(22-16)21-14-7-13(23-24-14)11-5-6-11/h3-4,7-8,11H,5-6H2,1-2H3,(H,26,27)(H2,20,21,22,23,24)/b9-3+,10-4+. The second kappa shape index (κ2) is 7.71. The summed E-state index contributed by atoms with van der Waals surface area (Å²) in [4.78, 5) is 30.6. The van der Waals surface area contributed by atoms with E-state index in [1.54, 1.807) is 13.0 Å². The van der Waals surface area contributed by atoms with Crippen LogP contribution in [0.1, 0.15) is 44.1 Å². The van der Waals surface area contributed by atoms with Gasteiger partial charge in [-0.05, 0) is 32.3 Å². The Morgan fingerprint density at radius 1 is 1.33 bits per heavy atom. The fourth-order valence-electron chi connectivity index (χ4n) is 2.34. The first-order valence-corrected chi connectivity index (χ1v) is 8.71. The SMILES string of the molecule is C/C(=C\C=C(/C)c1ncc(Cl)c(Nc2cc(C3CC3)[nH]n2)n1)C(=O)C(=O)O. The summed E-state index contributed by atoms with van der Waals surface area (Å²) in [6.45, 7) is 3.19. The Bertz CT molecular complexity index is 960. The van der Waals surface area contributed by atoms with Crippen LogP contribution in [-0.2, 0) is 9.59 Å². The molecular formula is C18H18ClN5O3. The van der Waals surface area contributed by atoms with Crippen LogP contribution in [0.4, 0.5) is 11.6 Å². The van der Waals surface area contributed by atoms with Gasteiger partial charge in [-0.2, -0.15) is 5.10 Å². The van der Waals surface area contributed by atoms with Gasteiger partial charge in [-0.1, -0.05) is 23.8 Å². The number of carbonyl (C=O) groups excluding carboxylic acids is 1. The lowest BCUT2D eigenvalue weighted by Crippen LogP contribution is -2.13. The predicted octanol–water partition coefficient (Wildman–Crippen LogP) is 3.48. The zero-order valence-electron chi connectivity index (χ0n) is 14.8. The van der Waals surface area contributed by atoms with Crippen molar-refractivity contribution in [3.8, 4) is 0 Å². The van der Waals surface area contributed by atoms with Crippen molar-refractivity contribution >= 4 is 40.6 Å². The molecule has 27 heavy (non-hydrogen) atoms. The third-order valence-corrected chi connectivity index (χ3v) is 4.37. The molecule has 8 nitrogen and oxygen atoms in total. The molecular weight excluding hydrogens is 370 g/mol. The molecule has 140 valence electrons. The third-order valence-electron chi connectivity index (χ3n) is 4.09. The van der Waals surface area contributed by atoms with E-state index in [9.17, 15) is 9.59 Å². The first kappa shape index (κ1) is 18.8. The van der Waals surface area contributed by atoms with Crippen LogP contribution in [0.15, 0.2) is 30.0 Å². The lowest BCUT2D eigenvalue weighted by Gasteiger charge is -2.07. The van der Waals surface area contributed by atoms with Crippen LogP contribution >= 0.6 is 11.6 Å². The Morgan fingerprint density at radius 3 is 2.74 bits per heavy atom. The number of aromatic amines is 1. The van der Waals surface area contributed by atoms with Crippen LogP contribution in [0, 0.1) is 0 Å². The van der Waals surface area contributed by atoms with Gasteiger partial charge < -0.3 is 10.4 Å². The quantitative estimate of drug-likeness (QED) is 0.377. The van der Waals surface area contributed by atoms with Gasteiger partial charge in [-0.3, -0.25) is 9.89 Å². The molecule has 0 aromatic carbocycles. The molecule has 0 saturated heterocycles. The molecule has 9 heteroatoms. The summed E-state index contributed by atoms with van der Waals surface area (Å²) < 4.78 is 0. The number of aromatic nitrogens is 4. The molecule has 0 spiro atoms. The highest BCUT2D eigenvalue weighted by Crippen LogP contribution is 2.39. The van der Waals surface area contributed by atoms with Crippen molar-refractivity contribution in [1.82, 2.24) is 20.2 Å². The number of Topliss-reactive ketones (excluding diaryl/α,β-unsaturated/α-hetero) is 1. The number of carboxylic acid groups (broad SMARTS) is 1. The predicted molar refractivity (Wildman–Crippen MR) is 101 cm³/mol. The zero-order chi connectivity index (χ0) is 19.6. The largest absolute Gasteiger partial charge is 0.475 e. The van der Waals surface area contributed by atoms with Gasteiger partial charge in [-0.15, -0.1) is 0 Å². The van der Waals surface area contributed by atoms with Crippen molar-refractivity contribution in [2.75, 3.05) is 5.32 Å². The monoisotopic (exact) mass is 387 g/mol. The summed E-state index contributed by atoms with van der Waals surface area (Å²) in [5.74, 6) is -0.472. The highest BCUT2D eigenvalue weighted by molar-refractivity contribution is 6.39. The molecule has 0 unspecified atom stereocenters. The molecule has 1 aliphatic rings. The number of nitrogens with one attached hydrogen (secondary N) is 2. The first-order valence-electron chi connectivity index (χ1n) is 8.33. The first-order chi connectivity index (χ1) is 12.8. The van der Waals surface area contributed by atoms with E-state index in [4.69, 9.17) is 16.7 Å². The van der Waals surface area contributed by atoms with Crippen LogP contribution < -0.4 is 5.32 Å². The van der Waals surface area contributed by atoms with Gasteiger partial charge >= 0.3 is 5.97 Å². The maximum absolute atomic E-state index is 11.4. The van der Waals surface area contributed by atoms with Gasteiger partial charge in [0.05, 0.1) is 6.20 Å². The van der Waals surface area contributed by atoms with Gasteiger partial charge in [0.15, 0.2) is 17.5 Å². The van der Waals surface area contributed by atoms with E-state index in [1.165, 1.54) is 32.0 Å². The van der Waals surface area contributed by atoms with E-state index >= 15 is 0 Å². The molecule has 0 radical (unpaired) electrons. The normalized spacial score (nSPS) is 14.9. The number of hydrogen-bond acceptors (Lipinski definition) is 6. The molecule has 1 fully saturated rings. The average Bonchev–Trinajstić information content (AvgIpc) is 3.39. The van der Waals surface area contributed by atoms with Crippen molar-refractivity contribution in [2.24, 2.45) is 0 Å². The van der Waals surface area contributed by atoms with E-state index in [1.807, 2.05) is 6.07 Å². The minimum atomic E-state index is -1.49. The second-order valence-corrected chi connectivity index (χ2v) is 6.74. The summed E-state index contributed by atoms with van der Waals surface area (Å²) >= 11 is 6.17. The van der Waals surface area contributed by atoms with Crippen LogP contribution in [0.5, 0.6) is 0 Å².